The van der Waals surface area contributed by atoms with E-state index in [2.05, 4.69) is 205 Å². The van der Waals surface area contributed by atoms with Crippen molar-refractivity contribution in [3.63, 3.8) is 0 Å². The third kappa shape index (κ3) is 5.21. The van der Waals surface area contributed by atoms with Crippen LogP contribution in [0.25, 0.3) is 76.9 Å². The molecule has 10 rings (SSSR count). The van der Waals surface area contributed by atoms with Crippen LogP contribution in [0.4, 0.5) is 17.1 Å². The Morgan fingerprint density at radius 2 is 0.865 bits per heavy atom. The van der Waals surface area contributed by atoms with E-state index < -0.39 is 0 Å². The molecule has 10 aromatic rings. The molecule has 0 N–H and O–H groups in total. The quantitative estimate of drug-likeness (QED) is 0.176. The molecule has 0 saturated heterocycles. The first-order valence-corrected chi connectivity index (χ1v) is 17.8. The molecule has 0 aliphatic carbocycles. The monoisotopic (exact) mass is 663 g/mol. The Kier molecular flexibility index (Phi) is 7.18. The number of hydrogen-bond acceptors (Lipinski definition) is 2. The van der Waals surface area contributed by atoms with Gasteiger partial charge >= 0.3 is 0 Å². The molecule has 0 saturated carbocycles. The minimum atomic E-state index is 0.875. The lowest BCUT2D eigenvalue weighted by Gasteiger charge is -2.25. The zero-order valence-corrected chi connectivity index (χ0v) is 28.4. The molecule has 52 heavy (non-hydrogen) atoms. The molecule has 0 amide bonds. The maximum Gasteiger partial charge on any atom is 0.136 e. The van der Waals surface area contributed by atoms with E-state index >= 15 is 0 Å². The molecule has 0 bridgehead atoms. The van der Waals surface area contributed by atoms with Gasteiger partial charge in [0.25, 0.3) is 0 Å². The molecule has 0 aliphatic heterocycles. The number of para-hydroxylation sites is 1. The first-order chi connectivity index (χ1) is 25.8. The van der Waals surface area contributed by atoms with Crippen LogP contribution in [0.5, 0.6) is 0 Å². The predicted octanol–water partition coefficient (Wildman–Crippen LogP) is 14.4. The van der Waals surface area contributed by atoms with E-state index in [-0.39, 0.29) is 0 Å². The summed E-state index contributed by atoms with van der Waals surface area (Å²) >= 11 is 0. The summed E-state index contributed by atoms with van der Waals surface area (Å²) in [5.41, 5.74) is 12.2. The molecule has 0 fully saturated rings. The van der Waals surface area contributed by atoms with Gasteiger partial charge in [-0.3, -0.25) is 0 Å². The van der Waals surface area contributed by atoms with Crippen molar-refractivity contribution in [2.24, 2.45) is 0 Å². The Labute approximate surface area is 302 Å². The SMILES string of the molecule is c1ccc(-c2ccc(N(c3ccccc3)c3ccc4oc5cc(-c6ccc(-c7ccc8ccccc8c7)cc6)c6ccccc6c5c4c3)cc2)cc1. The lowest BCUT2D eigenvalue weighted by molar-refractivity contribution is 0.669. The number of anilines is 3. The van der Waals surface area contributed by atoms with Gasteiger partial charge in [0.05, 0.1) is 0 Å². The van der Waals surface area contributed by atoms with Gasteiger partial charge in [-0.05, 0) is 110 Å². The fourth-order valence-electron chi connectivity index (χ4n) is 7.68. The minimum Gasteiger partial charge on any atom is -0.456 e. The van der Waals surface area contributed by atoms with Crippen molar-refractivity contribution in [1.29, 1.82) is 0 Å². The van der Waals surface area contributed by atoms with Gasteiger partial charge in [0, 0.05) is 27.8 Å². The second kappa shape index (κ2) is 12.5. The number of benzene rings is 9. The van der Waals surface area contributed by atoms with Crippen molar-refractivity contribution < 1.29 is 4.42 Å². The van der Waals surface area contributed by atoms with Crippen LogP contribution in [0.1, 0.15) is 0 Å². The highest BCUT2D eigenvalue weighted by molar-refractivity contribution is 6.22. The largest absolute Gasteiger partial charge is 0.456 e. The van der Waals surface area contributed by atoms with Gasteiger partial charge in [-0.2, -0.15) is 0 Å². The van der Waals surface area contributed by atoms with Crippen LogP contribution in [0, 0.1) is 0 Å². The predicted molar refractivity (Wildman–Crippen MR) is 220 cm³/mol. The van der Waals surface area contributed by atoms with Crippen molar-refractivity contribution in [3.05, 3.63) is 200 Å². The van der Waals surface area contributed by atoms with E-state index in [1.807, 2.05) is 0 Å². The Hall–Kier alpha value is -6.90. The van der Waals surface area contributed by atoms with Crippen molar-refractivity contribution >= 4 is 60.5 Å². The van der Waals surface area contributed by atoms with Crippen molar-refractivity contribution in [1.82, 2.24) is 0 Å². The van der Waals surface area contributed by atoms with E-state index in [4.69, 9.17) is 4.42 Å². The zero-order valence-electron chi connectivity index (χ0n) is 28.4. The van der Waals surface area contributed by atoms with Gasteiger partial charge in [0.2, 0.25) is 0 Å². The smallest absolute Gasteiger partial charge is 0.136 e. The highest BCUT2D eigenvalue weighted by Gasteiger charge is 2.18. The van der Waals surface area contributed by atoms with Gasteiger partial charge in [-0.25, -0.2) is 0 Å². The summed E-state index contributed by atoms with van der Waals surface area (Å²) in [5, 5.41) is 7.13. The Morgan fingerprint density at radius 1 is 0.308 bits per heavy atom. The highest BCUT2D eigenvalue weighted by atomic mass is 16.3. The number of hydrogen-bond donors (Lipinski definition) is 0. The lowest BCUT2D eigenvalue weighted by Crippen LogP contribution is -2.09. The summed E-state index contributed by atoms with van der Waals surface area (Å²) in [6.45, 7) is 0. The van der Waals surface area contributed by atoms with Gasteiger partial charge in [0.1, 0.15) is 11.2 Å². The summed E-state index contributed by atoms with van der Waals surface area (Å²) < 4.78 is 6.65. The zero-order chi connectivity index (χ0) is 34.4. The molecule has 0 atom stereocenters. The van der Waals surface area contributed by atoms with Crippen LogP contribution < -0.4 is 4.90 Å². The van der Waals surface area contributed by atoms with Crippen LogP contribution in [0.15, 0.2) is 205 Å². The molecule has 1 aromatic heterocycles. The average molecular weight is 664 g/mol. The van der Waals surface area contributed by atoms with Crippen molar-refractivity contribution in [3.8, 4) is 33.4 Å². The second-order valence-corrected chi connectivity index (χ2v) is 13.3. The molecule has 244 valence electrons. The lowest BCUT2D eigenvalue weighted by atomic mass is 9.93. The molecule has 0 radical (unpaired) electrons. The van der Waals surface area contributed by atoms with E-state index in [0.717, 1.165) is 50.1 Å². The first-order valence-electron chi connectivity index (χ1n) is 17.8. The van der Waals surface area contributed by atoms with E-state index in [9.17, 15) is 0 Å². The van der Waals surface area contributed by atoms with Crippen LogP contribution in [-0.2, 0) is 0 Å². The molecule has 2 heteroatoms. The summed E-state index contributed by atoms with van der Waals surface area (Å²) in [6, 6.07) is 71.6. The molecule has 0 unspecified atom stereocenters. The van der Waals surface area contributed by atoms with Crippen LogP contribution in [-0.4, -0.2) is 0 Å². The standard InChI is InChI=1S/C50H33NO/c1-3-11-34(12-4-1)36-25-27-42(28-26-36)51(41-15-5-2-6-16-41)43-29-30-48-47(32-43)50-45-18-10-9-17-44(45)46(33-49(50)52-48)38-22-19-37(20-23-38)40-24-21-35-13-7-8-14-39(35)31-40/h1-33H. The molecule has 0 aliphatic rings. The molecule has 9 aromatic carbocycles. The molecule has 1 heterocycles. The Morgan fingerprint density at radius 3 is 1.65 bits per heavy atom. The van der Waals surface area contributed by atoms with Crippen LogP contribution in [0.2, 0.25) is 0 Å². The number of fused-ring (bicyclic) bond motifs is 6. The molecular weight excluding hydrogens is 631 g/mol. The van der Waals surface area contributed by atoms with Gasteiger partial charge < -0.3 is 9.32 Å². The number of furan rings is 1. The van der Waals surface area contributed by atoms with E-state index in [1.54, 1.807) is 0 Å². The maximum absolute atomic E-state index is 6.65. The fraction of sp³-hybridized carbons (Fsp3) is 0. The maximum atomic E-state index is 6.65. The van der Waals surface area contributed by atoms with E-state index in [1.165, 1.54) is 43.8 Å². The minimum absolute atomic E-state index is 0.875. The van der Waals surface area contributed by atoms with Gasteiger partial charge in [0.15, 0.2) is 0 Å². The summed E-state index contributed by atoms with van der Waals surface area (Å²) in [5.74, 6) is 0. The summed E-state index contributed by atoms with van der Waals surface area (Å²) in [7, 11) is 0. The summed E-state index contributed by atoms with van der Waals surface area (Å²) in [4.78, 5) is 2.32. The normalized spacial score (nSPS) is 11.5. The highest BCUT2D eigenvalue weighted by Crippen LogP contribution is 2.43. The fourth-order valence-corrected chi connectivity index (χ4v) is 7.68. The molecule has 0 spiro atoms. The molecule has 2 nitrogen and oxygen atoms in total. The Balaban J connectivity index is 1.08. The topological polar surface area (TPSA) is 16.4 Å². The van der Waals surface area contributed by atoms with Crippen molar-refractivity contribution in [2.75, 3.05) is 4.90 Å². The average Bonchev–Trinajstić information content (AvgIpc) is 3.60. The third-order valence-corrected chi connectivity index (χ3v) is 10.2. The third-order valence-electron chi connectivity index (χ3n) is 10.2. The second-order valence-electron chi connectivity index (χ2n) is 13.3. The van der Waals surface area contributed by atoms with E-state index in [0.29, 0.717) is 0 Å². The number of nitrogens with zero attached hydrogens (tertiary/aromatic N) is 1. The summed E-state index contributed by atoms with van der Waals surface area (Å²) in [6.07, 6.45) is 0. The van der Waals surface area contributed by atoms with Crippen molar-refractivity contribution in [2.45, 2.75) is 0 Å². The van der Waals surface area contributed by atoms with Gasteiger partial charge in [-0.1, -0.05) is 146 Å². The van der Waals surface area contributed by atoms with Crippen LogP contribution in [0.3, 0.4) is 0 Å². The Bertz CT molecular complexity index is 2870. The number of rotatable bonds is 6. The van der Waals surface area contributed by atoms with Gasteiger partial charge in [-0.15, -0.1) is 0 Å². The van der Waals surface area contributed by atoms with Crippen LogP contribution >= 0.6 is 0 Å². The molecular formula is C50H33NO. The first kappa shape index (κ1) is 30.0.